The highest BCUT2D eigenvalue weighted by atomic mass is 79.9. The number of rotatable bonds is 4. The number of hydrogen-bond acceptors (Lipinski definition) is 5. The summed E-state index contributed by atoms with van der Waals surface area (Å²) in [5.74, 6) is -1.20. The Morgan fingerprint density at radius 2 is 1.70 bits per heavy atom. The molecule has 0 bridgehead atoms. The van der Waals surface area contributed by atoms with Crippen molar-refractivity contribution in [3.05, 3.63) is 56.4 Å². The standard InChI is InChI=1S/C17H10BrF6N3O2S/c18-11-2-1-10(30-11)13-12(14(25)29-27-13)15(28)26-6-7-3-8(16(19,20)21)5-9(4-7)17(22,23)24/h1-5H,6,25H2,(H,26,28). The number of carbonyl (C=O) groups is 1. The van der Waals surface area contributed by atoms with Crippen LogP contribution in [-0.4, -0.2) is 11.1 Å². The van der Waals surface area contributed by atoms with Crippen molar-refractivity contribution in [3.63, 3.8) is 0 Å². The maximum Gasteiger partial charge on any atom is 0.416 e. The summed E-state index contributed by atoms with van der Waals surface area (Å²) >= 11 is 4.47. The molecule has 2 aromatic heterocycles. The number of nitrogens with zero attached hydrogens (tertiary/aromatic N) is 1. The van der Waals surface area contributed by atoms with Crippen molar-refractivity contribution in [1.29, 1.82) is 0 Å². The van der Waals surface area contributed by atoms with Crippen LogP contribution in [0.3, 0.4) is 0 Å². The van der Waals surface area contributed by atoms with E-state index in [4.69, 9.17) is 10.3 Å². The summed E-state index contributed by atoms with van der Waals surface area (Å²) in [6.07, 6.45) is -9.97. The smallest absolute Gasteiger partial charge is 0.367 e. The summed E-state index contributed by atoms with van der Waals surface area (Å²) in [6, 6.07) is 4.39. The number of carbonyl (C=O) groups excluding carboxylic acids is 1. The third-order valence-corrected chi connectivity index (χ3v) is 5.48. The predicted molar refractivity (Wildman–Crippen MR) is 99.5 cm³/mol. The number of nitrogens with two attached hydrogens (primary N) is 1. The number of benzene rings is 1. The largest absolute Gasteiger partial charge is 0.416 e. The van der Waals surface area contributed by atoms with Gasteiger partial charge in [-0.25, -0.2) is 0 Å². The van der Waals surface area contributed by atoms with Gasteiger partial charge in [0.15, 0.2) is 0 Å². The van der Waals surface area contributed by atoms with E-state index < -0.39 is 35.9 Å². The van der Waals surface area contributed by atoms with E-state index >= 15 is 0 Å². The molecule has 0 aliphatic carbocycles. The van der Waals surface area contributed by atoms with Crippen molar-refractivity contribution in [2.24, 2.45) is 0 Å². The zero-order chi connectivity index (χ0) is 22.3. The van der Waals surface area contributed by atoms with Gasteiger partial charge < -0.3 is 15.6 Å². The second-order valence-corrected chi connectivity index (χ2v) is 8.43. The number of alkyl halides is 6. The third kappa shape index (κ3) is 4.78. The van der Waals surface area contributed by atoms with Gasteiger partial charge in [-0.15, -0.1) is 11.3 Å². The molecule has 0 aliphatic rings. The van der Waals surface area contributed by atoms with Crippen LogP contribution in [0.4, 0.5) is 32.2 Å². The average molecular weight is 514 g/mol. The van der Waals surface area contributed by atoms with Gasteiger partial charge in [0.25, 0.3) is 5.91 Å². The van der Waals surface area contributed by atoms with Gasteiger partial charge in [0.1, 0.15) is 11.3 Å². The van der Waals surface area contributed by atoms with Crippen LogP contribution in [0.15, 0.2) is 38.6 Å². The van der Waals surface area contributed by atoms with Crippen LogP contribution in [0, 0.1) is 0 Å². The van der Waals surface area contributed by atoms with E-state index in [1.807, 2.05) is 0 Å². The second-order valence-electron chi connectivity index (χ2n) is 5.97. The highest BCUT2D eigenvalue weighted by molar-refractivity contribution is 9.11. The van der Waals surface area contributed by atoms with E-state index in [-0.39, 0.29) is 28.8 Å². The lowest BCUT2D eigenvalue weighted by Gasteiger charge is -2.14. The lowest BCUT2D eigenvalue weighted by Crippen LogP contribution is -2.24. The summed E-state index contributed by atoms with van der Waals surface area (Å²) in [7, 11) is 0. The first-order valence-electron chi connectivity index (χ1n) is 7.93. The number of nitrogen functional groups attached to an aromatic ring is 1. The number of anilines is 1. The quantitative estimate of drug-likeness (QED) is 0.437. The topological polar surface area (TPSA) is 81.2 Å². The molecule has 0 aliphatic heterocycles. The van der Waals surface area contributed by atoms with Crippen molar-refractivity contribution in [3.8, 4) is 10.6 Å². The van der Waals surface area contributed by atoms with Crippen LogP contribution < -0.4 is 11.1 Å². The molecular weight excluding hydrogens is 504 g/mol. The number of aromatic nitrogens is 1. The van der Waals surface area contributed by atoms with Crippen molar-refractivity contribution >= 4 is 39.1 Å². The highest BCUT2D eigenvalue weighted by Crippen LogP contribution is 2.37. The summed E-state index contributed by atoms with van der Waals surface area (Å²) in [5.41, 5.74) is 2.21. The van der Waals surface area contributed by atoms with Crippen molar-refractivity contribution in [1.82, 2.24) is 10.5 Å². The van der Waals surface area contributed by atoms with E-state index in [9.17, 15) is 31.1 Å². The van der Waals surface area contributed by atoms with Crippen molar-refractivity contribution in [2.45, 2.75) is 18.9 Å². The molecule has 0 saturated heterocycles. The molecule has 0 unspecified atom stereocenters. The van der Waals surface area contributed by atoms with Crippen LogP contribution in [0.5, 0.6) is 0 Å². The normalized spacial score (nSPS) is 12.2. The molecule has 3 rings (SSSR count). The molecule has 1 amide bonds. The monoisotopic (exact) mass is 513 g/mol. The molecule has 5 nitrogen and oxygen atoms in total. The summed E-state index contributed by atoms with van der Waals surface area (Å²) < 4.78 is 83.3. The Morgan fingerprint density at radius 3 is 2.20 bits per heavy atom. The Kier molecular flexibility index (Phi) is 5.87. The zero-order valence-electron chi connectivity index (χ0n) is 14.5. The molecule has 160 valence electrons. The van der Waals surface area contributed by atoms with Gasteiger partial charge >= 0.3 is 12.4 Å². The van der Waals surface area contributed by atoms with Gasteiger partial charge in [-0.1, -0.05) is 5.16 Å². The van der Waals surface area contributed by atoms with E-state index in [0.29, 0.717) is 17.0 Å². The number of thiophene rings is 1. The van der Waals surface area contributed by atoms with Gasteiger partial charge in [-0.3, -0.25) is 4.79 Å². The third-order valence-electron chi connectivity index (χ3n) is 3.85. The molecule has 0 saturated carbocycles. The van der Waals surface area contributed by atoms with E-state index in [1.165, 1.54) is 11.3 Å². The fraction of sp³-hybridized carbons (Fsp3) is 0.176. The average Bonchev–Trinajstić information content (AvgIpc) is 3.23. The van der Waals surface area contributed by atoms with E-state index in [1.54, 1.807) is 12.1 Å². The van der Waals surface area contributed by atoms with Crippen LogP contribution >= 0.6 is 27.3 Å². The zero-order valence-corrected chi connectivity index (χ0v) is 16.9. The Hall–Kier alpha value is -2.54. The van der Waals surface area contributed by atoms with Gasteiger partial charge in [0, 0.05) is 6.54 Å². The molecule has 2 heterocycles. The van der Waals surface area contributed by atoms with E-state index in [2.05, 4.69) is 26.4 Å². The molecule has 0 spiro atoms. The minimum absolute atomic E-state index is 0.00998. The lowest BCUT2D eigenvalue weighted by atomic mass is 10.0. The summed E-state index contributed by atoms with van der Waals surface area (Å²) in [5, 5.41) is 5.96. The number of halogens is 7. The Morgan fingerprint density at radius 1 is 1.10 bits per heavy atom. The Bertz CT molecular complexity index is 1060. The van der Waals surface area contributed by atoms with Crippen LogP contribution in [-0.2, 0) is 18.9 Å². The first-order chi connectivity index (χ1) is 13.9. The number of hydrogen-bond donors (Lipinski definition) is 2. The molecule has 1 aromatic carbocycles. The molecule has 13 heteroatoms. The molecule has 0 radical (unpaired) electrons. The lowest BCUT2D eigenvalue weighted by molar-refractivity contribution is -0.143. The van der Waals surface area contributed by atoms with Crippen LogP contribution in [0.1, 0.15) is 27.0 Å². The van der Waals surface area contributed by atoms with Crippen LogP contribution in [0.2, 0.25) is 0 Å². The Balaban J connectivity index is 1.88. The maximum atomic E-state index is 13.0. The SMILES string of the molecule is Nc1onc(-c2ccc(Br)s2)c1C(=O)NCc1cc(C(F)(F)F)cc(C(F)(F)F)c1. The summed E-state index contributed by atoms with van der Waals surface area (Å²) in [6.45, 7) is -0.607. The molecule has 3 aromatic rings. The van der Waals surface area contributed by atoms with Gasteiger partial charge in [0.2, 0.25) is 5.88 Å². The minimum Gasteiger partial charge on any atom is -0.367 e. The molecule has 0 fully saturated rings. The highest BCUT2D eigenvalue weighted by Gasteiger charge is 2.37. The number of amides is 1. The molecule has 3 N–H and O–H groups in total. The van der Waals surface area contributed by atoms with Crippen LogP contribution in [0.25, 0.3) is 10.6 Å². The fourth-order valence-electron chi connectivity index (χ4n) is 2.52. The fourth-order valence-corrected chi connectivity index (χ4v) is 3.90. The predicted octanol–water partition coefficient (Wildman–Crippen LogP) is 5.72. The summed E-state index contributed by atoms with van der Waals surface area (Å²) in [4.78, 5) is 13.0. The molecule has 30 heavy (non-hydrogen) atoms. The van der Waals surface area contributed by atoms with E-state index in [0.717, 1.165) is 3.79 Å². The molecular formula is C17H10BrF6N3O2S. The van der Waals surface area contributed by atoms with Gasteiger partial charge in [-0.05, 0) is 51.8 Å². The van der Waals surface area contributed by atoms with Gasteiger partial charge in [-0.2, -0.15) is 26.3 Å². The van der Waals surface area contributed by atoms with Crippen molar-refractivity contribution < 1.29 is 35.7 Å². The maximum absolute atomic E-state index is 13.0. The van der Waals surface area contributed by atoms with Crippen molar-refractivity contribution in [2.75, 3.05) is 5.73 Å². The molecule has 0 atom stereocenters. The van der Waals surface area contributed by atoms with Gasteiger partial charge in [0.05, 0.1) is 19.8 Å². The first kappa shape index (κ1) is 22.2. The number of nitrogens with one attached hydrogen (secondary N) is 1. The minimum atomic E-state index is -4.99. The first-order valence-corrected chi connectivity index (χ1v) is 9.54. The second kappa shape index (κ2) is 7.95. The Labute approximate surface area is 177 Å².